The van der Waals surface area contributed by atoms with Crippen molar-refractivity contribution in [1.29, 1.82) is 0 Å². The van der Waals surface area contributed by atoms with Crippen molar-refractivity contribution < 1.29 is 17.8 Å². The van der Waals surface area contributed by atoms with Crippen molar-refractivity contribution in [3.05, 3.63) is 18.2 Å². The molecule has 0 radical (unpaired) electrons. The second-order valence-electron chi connectivity index (χ2n) is 4.08. The maximum Gasteiger partial charge on any atom is 0.305 e. The monoisotopic (exact) mass is 307 g/mol. The van der Waals surface area contributed by atoms with Crippen LogP contribution < -0.4 is 15.8 Å². The summed E-state index contributed by atoms with van der Waals surface area (Å²) in [6.07, 6.45) is 1.47. The summed E-state index contributed by atoms with van der Waals surface area (Å²) < 4.78 is 30.2. The Morgan fingerprint density at radius 2 is 2.05 bits per heavy atom. The average Bonchev–Trinajstić information content (AvgIpc) is 2.30. The van der Waals surface area contributed by atoms with Crippen LogP contribution in [0.1, 0.15) is 13.8 Å². The molecule has 0 aliphatic carbocycles. The number of hydrogen-bond acceptors (Lipinski definition) is 5. The van der Waals surface area contributed by atoms with Crippen LogP contribution in [0.4, 0.5) is 11.4 Å². The van der Waals surface area contributed by atoms with Crippen LogP contribution in [-0.4, -0.2) is 32.3 Å². The van der Waals surface area contributed by atoms with Crippen molar-refractivity contribution in [3.8, 4) is 0 Å². The lowest BCUT2D eigenvalue weighted by Gasteiger charge is -2.18. The number of nitrogen functional groups attached to an aromatic ring is 1. The van der Waals surface area contributed by atoms with Gasteiger partial charge in [-0.1, -0.05) is 0 Å². The SMILES string of the molecule is CCO[P+](O)(CC)c1cc(NS(C)(=O)=O)ccc1N. The first-order valence-electron chi connectivity index (χ1n) is 5.85. The van der Waals surface area contributed by atoms with E-state index in [2.05, 4.69) is 4.72 Å². The molecule has 0 amide bonds. The third kappa shape index (κ3) is 4.31. The van der Waals surface area contributed by atoms with E-state index >= 15 is 0 Å². The molecule has 0 bridgehead atoms. The first-order chi connectivity index (χ1) is 8.72. The van der Waals surface area contributed by atoms with E-state index in [1.165, 1.54) is 6.07 Å². The Labute approximate surface area is 114 Å². The Bertz CT molecular complexity index is 550. The van der Waals surface area contributed by atoms with E-state index in [0.29, 0.717) is 29.4 Å². The minimum atomic E-state index is -3.37. The second kappa shape index (κ2) is 6.05. The number of anilines is 2. The normalized spacial score (nSPS) is 14.9. The van der Waals surface area contributed by atoms with Gasteiger partial charge in [0.05, 0.1) is 24.2 Å². The van der Waals surface area contributed by atoms with Crippen LogP contribution in [0, 0.1) is 0 Å². The summed E-state index contributed by atoms with van der Waals surface area (Å²) in [5.74, 6) is 0. The lowest BCUT2D eigenvalue weighted by atomic mass is 10.3. The van der Waals surface area contributed by atoms with E-state index < -0.39 is 17.7 Å². The van der Waals surface area contributed by atoms with E-state index in [1.807, 2.05) is 0 Å². The van der Waals surface area contributed by atoms with Gasteiger partial charge in [0.25, 0.3) is 0 Å². The third-order valence-electron chi connectivity index (χ3n) is 2.48. The molecule has 0 aliphatic rings. The van der Waals surface area contributed by atoms with Gasteiger partial charge in [0, 0.05) is 6.07 Å². The van der Waals surface area contributed by atoms with Gasteiger partial charge in [-0.05, 0) is 26.0 Å². The fraction of sp³-hybridized carbons (Fsp3) is 0.455. The molecule has 108 valence electrons. The molecule has 1 atom stereocenters. The number of nitrogens with one attached hydrogen (secondary N) is 1. The summed E-state index contributed by atoms with van der Waals surface area (Å²) in [4.78, 5) is 10.5. The van der Waals surface area contributed by atoms with E-state index in [0.717, 1.165) is 6.26 Å². The van der Waals surface area contributed by atoms with E-state index in [9.17, 15) is 13.3 Å². The Kier molecular flexibility index (Phi) is 5.15. The van der Waals surface area contributed by atoms with Crippen LogP contribution in [0.5, 0.6) is 0 Å². The summed E-state index contributed by atoms with van der Waals surface area (Å²) >= 11 is 0. The highest BCUT2D eigenvalue weighted by molar-refractivity contribution is 7.92. The Morgan fingerprint density at radius 1 is 1.42 bits per heavy atom. The van der Waals surface area contributed by atoms with Gasteiger partial charge in [-0.2, -0.15) is 0 Å². The largest absolute Gasteiger partial charge is 0.395 e. The third-order valence-corrected chi connectivity index (χ3v) is 5.77. The lowest BCUT2D eigenvalue weighted by Crippen LogP contribution is -2.21. The van der Waals surface area contributed by atoms with Crippen molar-refractivity contribution >= 4 is 34.4 Å². The van der Waals surface area contributed by atoms with Crippen molar-refractivity contribution in [2.75, 3.05) is 29.5 Å². The van der Waals surface area contributed by atoms with Crippen molar-refractivity contribution in [1.82, 2.24) is 0 Å². The molecule has 1 aromatic carbocycles. The van der Waals surface area contributed by atoms with Gasteiger partial charge in [0.1, 0.15) is 6.16 Å². The van der Waals surface area contributed by atoms with Gasteiger partial charge < -0.3 is 5.73 Å². The van der Waals surface area contributed by atoms with Crippen LogP contribution in [0.25, 0.3) is 0 Å². The van der Waals surface area contributed by atoms with E-state index in [-0.39, 0.29) is 0 Å². The molecule has 0 spiro atoms. The maximum atomic E-state index is 11.2. The standard InChI is InChI=1S/C11H20N2O4PS/c1-4-17-18(14,5-2)11-8-9(6-7-10(11)12)13-19(3,15)16/h6-8,13-14H,4-5,12H2,1-3H3/q+1. The van der Waals surface area contributed by atoms with Crippen molar-refractivity contribution in [2.24, 2.45) is 0 Å². The number of nitrogens with two attached hydrogens (primary N) is 1. The molecular formula is C11H20N2O4PS+. The topological polar surface area (TPSA) is 102 Å². The predicted molar refractivity (Wildman–Crippen MR) is 80.3 cm³/mol. The molecule has 0 saturated heterocycles. The molecule has 1 unspecified atom stereocenters. The van der Waals surface area contributed by atoms with Gasteiger partial charge in [-0.25, -0.2) is 17.8 Å². The minimum Gasteiger partial charge on any atom is -0.395 e. The quantitative estimate of drug-likeness (QED) is 0.541. The molecule has 1 aromatic rings. The molecule has 19 heavy (non-hydrogen) atoms. The number of hydrogen-bond donors (Lipinski definition) is 3. The fourth-order valence-corrected chi connectivity index (χ4v) is 4.13. The van der Waals surface area contributed by atoms with E-state index in [1.54, 1.807) is 26.0 Å². The highest BCUT2D eigenvalue weighted by atomic mass is 32.2. The minimum absolute atomic E-state index is 0.360. The number of sulfonamides is 1. The average molecular weight is 307 g/mol. The summed E-state index contributed by atoms with van der Waals surface area (Å²) in [5.41, 5.74) is 6.61. The Balaban J connectivity index is 3.23. The summed E-state index contributed by atoms with van der Waals surface area (Å²) in [7, 11) is -6.16. The lowest BCUT2D eigenvalue weighted by molar-refractivity contribution is 0.318. The molecule has 0 aromatic heterocycles. The summed E-state index contributed by atoms with van der Waals surface area (Å²) in [6, 6.07) is 4.64. The van der Waals surface area contributed by atoms with Gasteiger partial charge in [-0.3, -0.25) is 4.72 Å². The van der Waals surface area contributed by atoms with Crippen LogP contribution in [-0.2, 0) is 14.5 Å². The predicted octanol–water partition coefficient (Wildman–Crippen LogP) is 1.16. The zero-order valence-electron chi connectivity index (χ0n) is 11.3. The fourth-order valence-electron chi connectivity index (χ4n) is 1.67. The van der Waals surface area contributed by atoms with Gasteiger partial charge in [-0.15, -0.1) is 0 Å². The van der Waals surface area contributed by atoms with Crippen molar-refractivity contribution in [2.45, 2.75) is 13.8 Å². The number of rotatable bonds is 6. The number of benzene rings is 1. The molecule has 6 nitrogen and oxygen atoms in total. The highest BCUT2D eigenvalue weighted by Crippen LogP contribution is 2.55. The highest BCUT2D eigenvalue weighted by Gasteiger charge is 2.40. The van der Waals surface area contributed by atoms with Crippen LogP contribution in [0.2, 0.25) is 0 Å². The van der Waals surface area contributed by atoms with Gasteiger partial charge >= 0.3 is 7.72 Å². The van der Waals surface area contributed by atoms with Gasteiger partial charge in [0.2, 0.25) is 10.0 Å². The molecule has 1 rings (SSSR count). The first-order valence-corrected chi connectivity index (χ1v) is 9.58. The Morgan fingerprint density at radius 3 is 2.53 bits per heavy atom. The van der Waals surface area contributed by atoms with Crippen molar-refractivity contribution in [3.63, 3.8) is 0 Å². The van der Waals surface area contributed by atoms with Crippen LogP contribution in [0.15, 0.2) is 18.2 Å². The smallest absolute Gasteiger partial charge is 0.305 e. The molecule has 0 heterocycles. The van der Waals surface area contributed by atoms with E-state index in [4.69, 9.17) is 10.3 Å². The molecule has 0 saturated carbocycles. The molecule has 0 aliphatic heterocycles. The maximum absolute atomic E-state index is 11.2. The Hall–Kier alpha value is -0.880. The zero-order chi connectivity index (χ0) is 14.7. The van der Waals surface area contributed by atoms with Crippen LogP contribution >= 0.6 is 7.72 Å². The molecule has 4 N–H and O–H groups in total. The molecule has 8 heteroatoms. The summed E-state index contributed by atoms with van der Waals surface area (Å²) in [6.45, 7) is 3.95. The first kappa shape index (κ1) is 16.2. The summed E-state index contributed by atoms with van der Waals surface area (Å²) in [5, 5.41) is 0.463. The zero-order valence-corrected chi connectivity index (χ0v) is 13.0. The van der Waals surface area contributed by atoms with Gasteiger partial charge in [0.15, 0.2) is 5.30 Å². The van der Waals surface area contributed by atoms with Crippen LogP contribution in [0.3, 0.4) is 0 Å². The molecular weight excluding hydrogens is 287 g/mol. The molecule has 0 fully saturated rings. The second-order valence-corrected chi connectivity index (χ2v) is 8.61.